The molecule has 2 heterocycles. The van der Waals surface area contributed by atoms with Crippen LogP contribution in [0.1, 0.15) is 16.1 Å². The highest BCUT2D eigenvalue weighted by atomic mass is 16.4. The molecular formula is C15H12N2O4. The first kappa shape index (κ1) is 13.1. The van der Waals surface area contributed by atoms with Gasteiger partial charge in [-0.05, 0) is 17.7 Å². The zero-order chi connectivity index (χ0) is 15.0. The molecule has 1 atom stereocenters. The van der Waals surface area contributed by atoms with Crippen LogP contribution in [0.3, 0.4) is 0 Å². The van der Waals surface area contributed by atoms with E-state index in [0.717, 1.165) is 5.56 Å². The lowest BCUT2D eigenvalue weighted by Gasteiger charge is -2.22. The summed E-state index contributed by atoms with van der Waals surface area (Å²) in [6, 6.07) is 10.3. The van der Waals surface area contributed by atoms with Gasteiger partial charge in [-0.3, -0.25) is 14.5 Å². The first-order valence-electron chi connectivity index (χ1n) is 6.41. The minimum Gasteiger partial charge on any atom is -0.480 e. The van der Waals surface area contributed by atoms with Gasteiger partial charge in [-0.1, -0.05) is 24.3 Å². The van der Waals surface area contributed by atoms with Crippen molar-refractivity contribution in [2.45, 2.75) is 12.5 Å². The number of hydrogen-bond acceptors (Lipinski definition) is 3. The number of benzene rings is 1. The minimum absolute atomic E-state index is 0.0745. The van der Waals surface area contributed by atoms with Crippen LogP contribution in [-0.2, 0) is 11.2 Å². The number of carbonyl (C=O) groups excluding carboxylic acids is 1. The number of H-pyrrole nitrogens is 1. The molecule has 3 rings (SSSR count). The number of nitrogens with zero attached hydrogens (tertiary/aromatic N) is 1. The summed E-state index contributed by atoms with van der Waals surface area (Å²) >= 11 is 0. The Morgan fingerprint density at radius 3 is 2.62 bits per heavy atom. The predicted octanol–water partition coefficient (Wildman–Crippen LogP) is 1.03. The number of anilines is 1. The molecule has 0 bridgehead atoms. The molecule has 0 spiro atoms. The van der Waals surface area contributed by atoms with Crippen molar-refractivity contribution >= 4 is 17.6 Å². The molecule has 0 fully saturated rings. The highest BCUT2D eigenvalue weighted by molar-refractivity contribution is 6.09. The Hall–Kier alpha value is -2.89. The van der Waals surface area contributed by atoms with Gasteiger partial charge in [0, 0.05) is 18.2 Å². The number of pyridine rings is 1. The van der Waals surface area contributed by atoms with E-state index in [2.05, 4.69) is 4.98 Å². The number of aromatic amines is 1. The van der Waals surface area contributed by atoms with Crippen molar-refractivity contribution in [1.82, 2.24) is 4.98 Å². The number of rotatable bonds is 2. The summed E-state index contributed by atoms with van der Waals surface area (Å²) in [6.45, 7) is 0. The van der Waals surface area contributed by atoms with Gasteiger partial charge in [0.05, 0.1) is 0 Å². The SMILES string of the molecule is O=C(O)C1Cc2ccccc2N1C(=O)c1cccc(=O)[nH]1. The molecule has 0 saturated heterocycles. The van der Waals surface area contributed by atoms with Gasteiger partial charge in [0.25, 0.3) is 5.91 Å². The zero-order valence-electron chi connectivity index (χ0n) is 10.9. The average Bonchev–Trinajstić information content (AvgIpc) is 2.86. The molecule has 2 N–H and O–H groups in total. The number of fused-ring (bicyclic) bond motifs is 1. The van der Waals surface area contributed by atoms with Crippen molar-refractivity contribution in [3.05, 3.63) is 64.1 Å². The maximum atomic E-state index is 12.6. The second-order valence-corrected chi connectivity index (χ2v) is 4.79. The third-order valence-corrected chi connectivity index (χ3v) is 3.48. The van der Waals surface area contributed by atoms with E-state index in [1.54, 1.807) is 24.3 Å². The van der Waals surface area contributed by atoms with Gasteiger partial charge in [-0.25, -0.2) is 4.79 Å². The fraction of sp³-hybridized carbons (Fsp3) is 0.133. The Morgan fingerprint density at radius 2 is 1.90 bits per heavy atom. The van der Waals surface area contributed by atoms with Gasteiger partial charge < -0.3 is 10.1 Å². The molecule has 1 unspecified atom stereocenters. The van der Waals surface area contributed by atoms with Gasteiger partial charge >= 0.3 is 5.97 Å². The molecule has 1 aliphatic rings. The van der Waals surface area contributed by atoms with Crippen molar-refractivity contribution in [2.24, 2.45) is 0 Å². The number of carboxylic acids is 1. The third-order valence-electron chi connectivity index (χ3n) is 3.48. The van der Waals surface area contributed by atoms with Crippen molar-refractivity contribution in [1.29, 1.82) is 0 Å². The molecule has 0 saturated carbocycles. The van der Waals surface area contributed by atoms with Crippen molar-refractivity contribution < 1.29 is 14.7 Å². The molecule has 1 aromatic heterocycles. The fourth-order valence-electron chi connectivity index (χ4n) is 2.54. The molecule has 21 heavy (non-hydrogen) atoms. The van der Waals surface area contributed by atoms with E-state index < -0.39 is 23.5 Å². The maximum Gasteiger partial charge on any atom is 0.327 e. The summed E-state index contributed by atoms with van der Waals surface area (Å²) in [7, 11) is 0. The van der Waals surface area contributed by atoms with E-state index in [4.69, 9.17) is 0 Å². The second-order valence-electron chi connectivity index (χ2n) is 4.79. The van der Waals surface area contributed by atoms with E-state index >= 15 is 0 Å². The lowest BCUT2D eigenvalue weighted by atomic mass is 10.1. The molecule has 1 aliphatic heterocycles. The Labute approximate surface area is 119 Å². The number of amides is 1. The summed E-state index contributed by atoms with van der Waals surface area (Å²) < 4.78 is 0. The highest BCUT2D eigenvalue weighted by Gasteiger charge is 2.38. The molecule has 6 heteroatoms. The molecule has 1 aromatic carbocycles. The summed E-state index contributed by atoms with van der Waals surface area (Å²) in [5.74, 6) is -1.59. The summed E-state index contributed by atoms with van der Waals surface area (Å²) in [5.41, 5.74) is 1.04. The number of nitrogens with one attached hydrogen (secondary N) is 1. The van der Waals surface area contributed by atoms with E-state index in [-0.39, 0.29) is 12.1 Å². The van der Waals surface area contributed by atoms with Crippen LogP contribution in [0, 0.1) is 0 Å². The largest absolute Gasteiger partial charge is 0.480 e. The highest BCUT2D eigenvalue weighted by Crippen LogP contribution is 2.33. The van der Waals surface area contributed by atoms with Gasteiger partial charge in [-0.15, -0.1) is 0 Å². The average molecular weight is 284 g/mol. The third kappa shape index (κ3) is 2.20. The topological polar surface area (TPSA) is 90.5 Å². The Balaban J connectivity index is 2.07. The molecule has 0 aliphatic carbocycles. The number of hydrogen-bond donors (Lipinski definition) is 2. The maximum absolute atomic E-state index is 12.6. The minimum atomic E-state index is -1.07. The quantitative estimate of drug-likeness (QED) is 0.861. The predicted molar refractivity (Wildman–Crippen MR) is 75.4 cm³/mol. The lowest BCUT2D eigenvalue weighted by Crippen LogP contribution is -2.43. The first-order chi connectivity index (χ1) is 10.1. The molecule has 106 valence electrons. The van der Waals surface area contributed by atoms with E-state index in [1.165, 1.54) is 23.1 Å². The number of aliphatic carboxylic acids is 1. The van der Waals surface area contributed by atoms with Crippen molar-refractivity contribution in [2.75, 3.05) is 4.90 Å². The molecule has 2 aromatic rings. The number of carbonyl (C=O) groups is 2. The van der Waals surface area contributed by atoms with E-state index in [9.17, 15) is 19.5 Å². The lowest BCUT2D eigenvalue weighted by molar-refractivity contribution is -0.138. The van der Waals surface area contributed by atoms with Crippen LogP contribution in [0.15, 0.2) is 47.3 Å². The van der Waals surface area contributed by atoms with Crippen molar-refractivity contribution in [3.63, 3.8) is 0 Å². The van der Waals surface area contributed by atoms with Crippen LogP contribution < -0.4 is 10.5 Å². The Bertz CT molecular complexity index is 781. The molecule has 0 radical (unpaired) electrons. The zero-order valence-corrected chi connectivity index (χ0v) is 10.9. The Morgan fingerprint density at radius 1 is 1.14 bits per heavy atom. The normalized spacial score (nSPS) is 16.6. The van der Waals surface area contributed by atoms with Crippen LogP contribution in [0.5, 0.6) is 0 Å². The fourth-order valence-corrected chi connectivity index (χ4v) is 2.54. The van der Waals surface area contributed by atoms with Crippen LogP contribution in [0.25, 0.3) is 0 Å². The van der Waals surface area contributed by atoms with Gasteiger partial charge in [-0.2, -0.15) is 0 Å². The van der Waals surface area contributed by atoms with Crippen LogP contribution in [0.2, 0.25) is 0 Å². The summed E-state index contributed by atoms with van der Waals surface area (Å²) in [5, 5.41) is 9.34. The number of para-hydroxylation sites is 1. The van der Waals surface area contributed by atoms with E-state index in [0.29, 0.717) is 5.69 Å². The molecule has 1 amide bonds. The molecule has 6 nitrogen and oxygen atoms in total. The summed E-state index contributed by atoms with van der Waals surface area (Å²) in [6.07, 6.45) is 0.258. The second kappa shape index (κ2) is 4.90. The van der Waals surface area contributed by atoms with Gasteiger partial charge in [0.2, 0.25) is 5.56 Å². The summed E-state index contributed by atoms with van der Waals surface area (Å²) in [4.78, 5) is 39.0. The number of aromatic nitrogens is 1. The van der Waals surface area contributed by atoms with Gasteiger partial charge in [0.1, 0.15) is 11.7 Å². The standard InChI is InChI=1S/C15H12N2O4/c18-13-7-3-5-10(16-13)14(19)17-11-6-2-1-4-9(11)8-12(17)15(20)21/h1-7,12H,8H2,(H,16,18)(H,20,21). The van der Waals surface area contributed by atoms with E-state index in [1.807, 2.05) is 0 Å². The van der Waals surface area contributed by atoms with Crippen LogP contribution in [-0.4, -0.2) is 28.0 Å². The number of carboxylic acid groups (broad SMARTS) is 1. The van der Waals surface area contributed by atoms with Gasteiger partial charge in [0.15, 0.2) is 0 Å². The monoisotopic (exact) mass is 284 g/mol. The Kier molecular flexibility index (Phi) is 3.06. The van der Waals surface area contributed by atoms with Crippen LogP contribution in [0.4, 0.5) is 5.69 Å². The smallest absolute Gasteiger partial charge is 0.327 e. The first-order valence-corrected chi connectivity index (χ1v) is 6.41. The molecular weight excluding hydrogens is 272 g/mol. The van der Waals surface area contributed by atoms with Crippen molar-refractivity contribution in [3.8, 4) is 0 Å². The van der Waals surface area contributed by atoms with Crippen LogP contribution >= 0.6 is 0 Å².